The molecule has 0 spiro atoms. The first-order valence-corrected chi connectivity index (χ1v) is 10.1. The van der Waals surface area contributed by atoms with Crippen molar-refractivity contribution in [3.05, 3.63) is 23.0 Å². The van der Waals surface area contributed by atoms with Crippen LogP contribution in [0, 0.1) is 11.8 Å². The van der Waals surface area contributed by atoms with Crippen molar-refractivity contribution >= 4 is 5.78 Å². The third kappa shape index (κ3) is 3.74. The zero-order valence-electron chi connectivity index (χ0n) is 17.2. The average Bonchev–Trinajstić information content (AvgIpc) is 2.93. The van der Waals surface area contributed by atoms with Gasteiger partial charge in [0.1, 0.15) is 23.6 Å². The number of allylic oxidation sites excluding steroid dienone is 2. The highest BCUT2D eigenvalue weighted by Crippen LogP contribution is 2.55. The number of carbonyl (C=O) groups is 1. The molecule has 2 N–H and O–H groups in total. The molecule has 0 saturated heterocycles. The largest absolute Gasteiger partial charge is 0.488 e. The van der Waals surface area contributed by atoms with Crippen LogP contribution < -0.4 is 0 Å². The normalized spacial score (nSPS) is 38.0. The van der Waals surface area contributed by atoms with Crippen LogP contribution in [-0.4, -0.2) is 46.5 Å². The number of ketones is 1. The van der Waals surface area contributed by atoms with E-state index in [-0.39, 0.29) is 24.0 Å². The first-order chi connectivity index (χ1) is 12.6. The van der Waals surface area contributed by atoms with Gasteiger partial charge >= 0.3 is 0 Å². The van der Waals surface area contributed by atoms with Gasteiger partial charge in [-0.3, -0.25) is 4.79 Å². The summed E-state index contributed by atoms with van der Waals surface area (Å²) in [6.07, 6.45) is 4.77. The molecule has 5 nitrogen and oxygen atoms in total. The van der Waals surface area contributed by atoms with Gasteiger partial charge < -0.3 is 19.7 Å². The summed E-state index contributed by atoms with van der Waals surface area (Å²) in [7, 11) is 1.50. The summed E-state index contributed by atoms with van der Waals surface area (Å²) in [4.78, 5) is 12.8. The van der Waals surface area contributed by atoms with Crippen molar-refractivity contribution in [1.82, 2.24) is 0 Å². The molecule has 0 unspecified atom stereocenters. The van der Waals surface area contributed by atoms with Crippen LogP contribution in [0.15, 0.2) is 23.0 Å². The summed E-state index contributed by atoms with van der Waals surface area (Å²) in [6, 6.07) is 0. The Labute approximate surface area is 162 Å². The molecule has 6 atom stereocenters. The Kier molecular flexibility index (Phi) is 5.59. The maximum Gasteiger partial charge on any atom is 0.191 e. The lowest BCUT2D eigenvalue weighted by Gasteiger charge is -2.46. The van der Waals surface area contributed by atoms with Crippen LogP contribution >= 0.6 is 0 Å². The van der Waals surface area contributed by atoms with Gasteiger partial charge in [0.05, 0.1) is 5.60 Å². The second-order valence-electron chi connectivity index (χ2n) is 9.23. The predicted octanol–water partition coefficient (Wildman–Crippen LogP) is 3.29. The molecule has 0 aromatic carbocycles. The molecule has 1 fully saturated rings. The summed E-state index contributed by atoms with van der Waals surface area (Å²) in [5.41, 5.74) is 0.568. The molecule has 2 aliphatic carbocycles. The predicted molar refractivity (Wildman–Crippen MR) is 103 cm³/mol. The lowest BCUT2D eigenvalue weighted by Crippen LogP contribution is -2.50. The molecule has 1 heterocycles. The number of aliphatic hydroxyl groups excluding tert-OH is 1. The Morgan fingerprint density at radius 3 is 2.78 bits per heavy atom. The van der Waals surface area contributed by atoms with E-state index in [1.807, 2.05) is 6.92 Å². The average molecular weight is 379 g/mol. The molecule has 0 aromatic rings. The van der Waals surface area contributed by atoms with Crippen LogP contribution in [-0.2, 0) is 14.3 Å². The van der Waals surface area contributed by atoms with E-state index in [9.17, 15) is 15.0 Å². The summed E-state index contributed by atoms with van der Waals surface area (Å²) >= 11 is 0. The lowest BCUT2D eigenvalue weighted by atomic mass is 9.70. The number of fused-ring (bicyclic) bond motifs is 1. The summed E-state index contributed by atoms with van der Waals surface area (Å²) in [6.45, 7) is 8.11. The van der Waals surface area contributed by atoms with E-state index < -0.39 is 23.4 Å². The van der Waals surface area contributed by atoms with Gasteiger partial charge in [-0.2, -0.15) is 0 Å². The lowest BCUT2D eigenvalue weighted by molar-refractivity contribution is -0.138. The second kappa shape index (κ2) is 7.34. The van der Waals surface area contributed by atoms with E-state index in [4.69, 9.17) is 9.47 Å². The molecule has 0 amide bonds. The minimum atomic E-state index is -0.813. The maximum atomic E-state index is 12.8. The number of carbonyl (C=O) groups excluding carboxylic acids is 1. The number of aliphatic hydroxyl groups is 2. The number of methoxy groups -OCH3 is 1. The number of ether oxygens (including phenoxy) is 2. The molecule has 1 aliphatic heterocycles. The Balaban J connectivity index is 1.84. The quantitative estimate of drug-likeness (QED) is 0.718. The zero-order valence-corrected chi connectivity index (χ0v) is 17.2. The van der Waals surface area contributed by atoms with Gasteiger partial charge in [-0.15, -0.1) is 0 Å². The SMILES string of the molecule is CO[C@H]1C[C@@H](O)C2=C(C[C@H]3[C@H]([C@@](C)(O)CCC=C(C)C)CC[C@@]3(C)O2)C1=O. The van der Waals surface area contributed by atoms with Crippen LogP contribution in [0.2, 0.25) is 0 Å². The summed E-state index contributed by atoms with van der Waals surface area (Å²) < 4.78 is 11.5. The smallest absolute Gasteiger partial charge is 0.191 e. The van der Waals surface area contributed by atoms with Crippen molar-refractivity contribution in [2.45, 2.75) is 89.6 Å². The molecule has 1 saturated carbocycles. The maximum absolute atomic E-state index is 12.8. The van der Waals surface area contributed by atoms with E-state index in [1.54, 1.807) is 0 Å². The molecule has 3 aliphatic rings. The van der Waals surface area contributed by atoms with Crippen molar-refractivity contribution in [2.24, 2.45) is 11.8 Å². The molecular weight excluding hydrogens is 344 g/mol. The van der Waals surface area contributed by atoms with Gasteiger partial charge in [-0.1, -0.05) is 11.6 Å². The van der Waals surface area contributed by atoms with Crippen LogP contribution in [0.1, 0.15) is 66.2 Å². The first-order valence-electron chi connectivity index (χ1n) is 10.1. The van der Waals surface area contributed by atoms with Gasteiger partial charge in [0.25, 0.3) is 0 Å². The Hall–Kier alpha value is -1.17. The zero-order chi connectivity index (χ0) is 20.0. The third-order valence-electron chi connectivity index (χ3n) is 6.90. The van der Waals surface area contributed by atoms with Crippen molar-refractivity contribution in [2.75, 3.05) is 7.11 Å². The highest BCUT2D eigenvalue weighted by molar-refractivity contribution is 6.00. The number of rotatable bonds is 5. The highest BCUT2D eigenvalue weighted by Gasteiger charge is 2.57. The minimum Gasteiger partial charge on any atom is -0.488 e. The summed E-state index contributed by atoms with van der Waals surface area (Å²) in [5.74, 6) is 0.492. The summed E-state index contributed by atoms with van der Waals surface area (Å²) in [5, 5.41) is 21.7. The standard InChI is InChI=1S/C22H34O5/c1-13(2)7-6-9-21(3,25)15-8-10-22(4)16(15)11-14-19(24)18(26-5)12-17(23)20(14)27-22/h7,15-18,23,25H,6,8-12H2,1-5H3/t15-,16+,17-,18+,21+,22-/m1/s1. The number of hydrogen-bond donors (Lipinski definition) is 2. The van der Waals surface area contributed by atoms with Gasteiger partial charge in [-0.05, 0) is 65.7 Å². The van der Waals surface area contributed by atoms with Crippen molar-refractivity contribution in [3.63, 3.8) is 0 Å². The first kappa shape index (κ1) is 20.6. The van der Waals surface area contributed by atoms with E-state index >= 15 is 0 Å². The molecule has 0 aromatic heterocycles. The van der Waals surface area contributed by atoms with E-state index in [0.717, 1.165) is 19.3 Å². The highest BCUT2D eigenvalue weighted by atomic mass is 16.5. The fraction of sp³-hybridized carbons (Fsp3) is 0.773. The van der Waals surface area contributed by atoms with Crippen LogP contribution in [0.5, 0.6) is 0 Å². The van der Waals surface area contributed by atoms with Gasteiger partial charge in [0.2, 0.25) is 0 Å². The van der Waals surface area contributed by atoms with Crippen LogP contribution in [0.4, 0.5) is 0 Å². The Morgan fingerprint density at radius 2 is 2.15 bits per heavy atom. The molecule has 0 bridgehead atoms. The molecule has 27 heavy (non-hydrogen) atoms. The minimum absolute atomic E-state index is 0.0599. The molecular formula is C22H34O5. The van der Waals surface area contributed by atoms with Crippen molar-refractivity contribution in [1.29, 1.82) is 0 Å². The third-order valence-corrected chi connectivity index (χ3v) is 6.90. The van der Waals surface area contributed by atoms with Gasteiger partial charge in [0, 0.05) is 25.0 Å². The molecule has 0 radical (unpaired) electrons. The van der Waals surface area contributed by atoms with Crippen molar-refractivity contribution in [3.8, 4) is 0 Å². The molecule has 3 rings (SSSR count). The number of Topliss-reactive ketones (excluding diaryl/α,β-unsaturated/α-hetero) is 1. The Bertz CT molecular complexity index is 658. The number of hydrogen-bond acceptors (Lipinski definition) is 5. The Morgan fingerprint density at radius 1 is 1.44 bits per heavy atom. The fourth-order valence-electron chi connectivity index (χ4n) is 5.26. The fourth-order valence-corrected chi connectivity index (χ4v) is 5.26. The van der Waals surface area contributed by atoms with Crippen LogP contribution in [0.25, 0.3) is 0 Å². The van der Waals surface area contributed by atoms with Crippen molar-refractivity contribution < 1.29 is 24.5 Å². The van der Waals surface area contributed by atoms with E-state index in [0.29, 0.717) is 24.2 Å². The molecule has 5 heteroatoms. The van der Waals surface area contributed by atoms with E-state index in [1.165, 1.54) is 12.7 Å². The van der Waals surface area contributed by atoms with Gasteiger partial charge in [-0.25, -0.2) is 0 Å². The second-order valence-corrected chi connectivity index (χ2v) is 9.23. The van der Waals surface area contributed by atoms with Gasteiger partial charge in [0.15, 0.2) is 5.78 Å². The molecule has 152 valence electrons. The topological polar surface area (TPSA) is 76.0 Å². The van der Waals surface area contributed by atoms with Crippen LogP contribution in [0.3, 0.4) is 0 Å². The monoisotopic (exact) mass is 378 g/mol. The van der Waals surface area contributed by atoms with E-state index in [2.05, 4.69) is 26.8 Å².